The molecule has 0 radical (unpaired) electrons. The number of hydrogen-bond donors (Lipinski definition) is 1. The summed E-state index contributed by atoms with van der Waals surface area (Å²) in [5, 5.41) is 23.7. The van der Waals surface area contributed by atoms with Crippen molar-refractivity contribution in [1.29, 1.82) is 0 Å². The summed E-state index contributed by atoms with van der Waals surface area (Å²) >= 11 is 0. The third kappa shape index (κ3) is 3.47. The van der Waals surface area contributed by atoms with Gasteiger partial charge in [-0.25, -0.2) is 9.59 Å². The zero-order valence-electron chi connectivity index (χ0n) is 17.0. The lowest BCUT2D eigenvalue weighted by molar-refractivity contribution is -0.877. The van der Waals surface area contributed by atoms with Gasteiger partial charge in [-0.1, -0.05) is 6.08 Å². The quantitative estimate of drug-likeness (QED) is 0.176. The van der Waals surface area contributed by atoms with Crippen LogP contribution in [-0.4, -0.2) is 71.2 Å². The Kier molecular flexibility index (Phi) is 5.59. The maximum atomic E-state index is 13.0. The highest BCUT2D eigenvalue weighted by molar-refractivity contribution is 5.91. The lowest BCUT2D eigenvalue weighted by Crippen LogP contribution is -2.51. The fraction of sp³-hybridized carbons (Fsp3) is 0.650. The Balaban J connectivity index is 1.69. The predicted molar refractivity (Wildman–Crippen MR) is 99.8 cm³/mol. The SMILES string of the molecule is C/C=C(/C)C(=O)O[C@@H]1CC[N+]2([O-])CC=C(COC(=O)[C@]3(O)[C@H](C)C(=O)O[C@@H]3C)[C@H]12. The molecule has 0 spiro atoms. The van der Waals surface area contributed by atoms with Crippen LogP contribution in [0.3, 0.4) is 0 Å². The Morgan fingerprint density at radius 2 is 2.14 bits per heavy atom. The van der Waals surface area contributed by atoms with Crippen LogP contribution in [0.1, 0.15) is 34.1 Å². The molecular weight excluding hydrogens is 382 g/mol. The van der Waals surface area contributed by atoms with E-state index >= 15 is 0 Å². The molecule has 0 bridgehead atoms. The monoisotopic (exact) mass is 409 g/mol. The van der Waals surface area contributed by atoms with E-state index < -0.39 is 52.3 Å². The van der Waals surface area contributed by atoms with E-state index in [1.54, 1.807) is 26.0 Å². The molecule has 2 fully saturated rings. The standard InChI is InChI=1S/C20H27NO8/c1-5-11(2)17(22)29-15-7-9-21(26)8-6-14(16(15)21)10-27-19(24)20(25)12(3)18(23)28-13(20)4/h5-6,12-13,15-16,25H,7-10H2,1-4H3/b11-5-/t12-,13-,15-,16-,20+,21?/m1/s1. The van der Waals surface area contributed by atoms with Crippen molar-refractivity contribution in [1.82, 2.24) is 0 Å². The number of carbonyl (C=O) groups excluding carboxylic acids is 3. The Labute approximate surface area is 169 Å². The summed E-state index contributed by atoms with van der Waals surface area (Å²) in [6.07, 6.45) is 2.11. The van der Waals surface area contributed by atoms with Crippen molar-refractivity contribution >= 4 is 17.9 Å². The highest BCUT2D eigenvalue weighted by Crippen LogP contribution is 2.39. The van der Waals surface area contributed by atoms with E-state index in [4.69, 9.17) is 14.2 Å². The van der Waals surface area contributed by atoms with Crippen LogP contribution in [0, 0.1) is 11.1 Å². The first-order chi connectivity index (χ1) is 13.5. The summed E-state index contributed by atoms with van der Waals surface area (Å²) in [7, 11) is 0. The summed E-state index contributed by atoms with van der Waals surface area (Å²) in [5.74, 6) is -3.18. The van der Waals surface area contributed by atoms with E-state index in [-0.39, 0.29) is 13.2 Å². The molecule has 0 aromatic rings. The number of aliphatic hydroxyl groups is 1. The molecule has 9 heteroatoms. The number of quaternary nitrogens is 1. The second-order valence-electron chi connectivity index (χ2n) is 7.99. The van der Waals surface area contributed by atoms with Gasteiger partial charge in [-0.05, 0) is 33.8 Å². The van der Waals surface area contributed by atoms with Gasteiger partial charge in [-0.3, -0.25) is 4.79 Å². The van der Waals surface area contributed by atoms with Crippen LogP contribution in [0.5, 0.6) is 0 Å². The summed E-state index contributed by atoms with van der Waals surface area (Å²) < 4.78 is 15.2. The third-order valence-electron chi connectivity index (χ3n) is 6.33. The minimum Gasteiger partial charge on any atom is -0.632 e. The zero-order valence-corrected chi connectivity index (χ0v) is 17.0. The van der Waals surface area contributed by atoms with Crippen molar-refractivity contribution < 1.29 is 38.3 Å². The van der Waals surface area contributed by atoms with Crippen LogP contribution in [0.25, 0.3) is 0 Å². The van der Waals surface area contributed by atoms with Crippen LogP contribution in [-0.2, 0) is 28.6 Å². The van der Waals surface area contributed by atoms with Gasteiger partial charge in [0.15, 0.2) is 12.1 Å². The van der Waals surface area contributed by atoms with Crippen LogP contribution >= 0.6 is 0 Å². The van der Waals surface area contributed by atoms with Crippen LogP contribution < -0.4 is 0 Å². The molecule has 3 aliphatic rings. The first kappa shape index (κ1) is 21.5. The number of rotatable bonds is 5. The Morgan fingerprint density at radius 1 is 1.45 bits per heavy atom. The third-order valence-corrected chi connectivity index (χ3v) is 6.33. The Bertz CT molecular complexity index is 789. The largest absolute Gasteiger partial charge is 0.632 e. The van der Waals surface area contributed by atoms with Gasteiger partial charge in [0.1, 0.15) is 12.7 Å². The number of carbonyl (C=O) groups is 3. The summed E-state index contributed by atoms with van der Waals surface area (Å²) in [4.78, 5) is 36.4. The van der Waals surface area contributed by atoms with Gasteiger partial charge in [-0.2, -0.15) is 0 Å². The number of fused-ring (bicyclic) bond motifs is 1. The fourth-order valence-electron chi connectivity index (χ4n) is 4.21. The van der Waals surface area contributed by atoms with E-state index in [1.165, 1.54) is 13.8 Å². The fourth-order valence-corrected chi connectivity index (χ4v) is 4.21. The minimum atomic E-state index is -2.08. The van der Waals surface area contributed by atoms with Gasteiger partial charge >= 0.3 is 17.9 Å². The van der Waals surface area contributed by atoms with Crippen molar-refractivity contribution in [3.8, 4) is 0 Å². The van der Waals surface area contributed by atoms with Gasteiger partial charge < -0.3 is 29.2 Å². The minimum absolute atomic E-state index is 0.201. The molecule has 0 saturated carbocycles. The molecule has 0 aromatic carbocycles. The molecule has 0 aliphatic carbocycles. The molecular formula is C20H27NO8. The van der Waals surface area contributed by atoms with Crippen molar-refractivity contribution in [2.75, 3.05) is 19.7 Å². The van der Waals surface area contributed by atoms with E-state index in [1.807, 2.05) is 0 Å². The van der Waals surface area contributed by atoms with Gasteiger partial charge in [-0.15, -0.1) is 0 Å². The number of cyclic esters (lactones) is 1. The molecule has 3 heterocycles. The molecule has 160 valence electrons. The van der Waals surface area contributed by atoms with Crippen molar-refractivity contribution in [2.24, 2.45) is 5.92 Å². The van der Waals surface area contributed by atoms with E-state index in [0.29, 0.717) is 24.1 Å². The van der Waals surface area contributed by atoms with Crippen molar-refractivity contribution in [2.45, 2.75) is 58.0 Å². The molecule has 6 atom stereocenters. The van der Waals surface area contributed by atoms with Gasteiger partial charge in [0, 0.05) is 17.6 Å². The lowest BCUT2D eigenvalue weighted by Gasteiger charge is -2.40. The molecule has 0 amide bonds. The summed E-state index contributed by atoms with van der Waals surface area (Å²) in [5.41, 5.74) is -1.08. The first-order valence-corrected chi connectivity index (χ1v) is 9.75. The van der Waals surface area contributed by atoms with Crippen LogP contribution in [0.4, 0.5) is 0 Å². The van der Waals surface area contributed by atoms with Gasteiger partial charge in [0.2, 0.25) is 5.60 Å². The molecule has 9 nitrogen and oxygen atoms in total. The molecule has 1 N–H and O–H groups in total. The maximum absolute atomic E-state index is 13.0. The predicted octanol–water partition coefficient (Wildman–Crippen LogP) is 0.747. The van der Waals surface area contributed by atoms with Crippen LogP contribution in [0.15, 0.2) is 23.3 Å². The summed E-state index contributed by atoms with van der Waals surface area (Å²) in [6, 6.07) is -0.651. The number of ether oxygens (including phenoxy) is 3. The summed E-state index contributed by atoms with van der Waals surface area (Å²) in [6.45, 7) is 6.46. The number of allylic oxidation sites excluding steroid dienone is 1. The average Bonchev–Trinajstić information content (AvgIpc) is 3.25. The Hall–Kier alpha value is -2.23. The number of hydrogen-bond acceptors (Lipinski definition) is 8. The molecule has 1 unspecified atom stereocenters. The molecule has 3 rings (SSSR count). The first-order valence-electron chi connectivity index (χ1n) is 9.75. The highest BCUT2D eigenvalue weighted by atomic mass is 16.6. The van der Waals surface area contributed by atoms with Gasteiger partial charge in [0.05, 0.1) is 19.0 Å². The van der Waals surface area contributed by atoms with E-state index in [9.17, 15) is 24.7 Å². The number of nitrogens with zero attached hydrogens (tertiary/aromatic N) is 1. The second kappa shape index (κ2) is 7.55. The number of esters is 3. The molecule has 0 aromatic heterocycles. The normalized spacial score (nSPS) is 39.0. The Morgan fingerprint density at radius 3 is 2.72 bits per heavy atom. The van der Waals surface area contributed by atoms with Crippen LogP contribution in [0.2, 0.25) is 0 Å². The lowest BCUT2D eigenvalue weighted by atomic mass is 9.87. The van der Waals surface area contributed by atoms with E-state index in [2.05, 4.69) is 0 Å². The molecule has 29 heavy (non-hydrogen) atoms. The maximum Gasteiger partial charge on any atom is 0.343 e. The van der Waals surface area contributed by atoms with E-state index in [0.717, 1.165) is 0 Å². The molecule has 3 aliphatic heterocycles. The average molecular weight is 409 g/mol. The van der Waals surface area contributed by atoms with Crippen molar-refractivity contribution in [3.05, 3.63) is 28.5 Å². The smallest absolute Gasteiger partial charge is 0.343 e. The topological polar surface area (TPSA) is 122 Å². The second-order valence-corrected chi connectivity index (χ2v) is 7.99. The van der Waals surface area contributed by atoms with Crippen molar-refractivity contribution in [3.63, 3.8) is 0 Å². The highest BCUT2D eigenvalue weighted by Gasteiger charge is 2.59. The number of hydroxylamine groups is 3. The zero-order chi connectivity index (χ0) is 21.6. The van der Waals surface area contributed by atoms with Gasteiger partial charge in [0.25, 0.3) is 0 Å². The molecule has 2 saturated heterocycles.